The minimum absolute atomic E-state index is 0.376. The quantitative estimate of drug-likeness (QED) is 0.787. The van der Waals surface area contributed by atoms with Gasteiger partial charge in [0.1, 0.15) is 5.69 Å². The van der Waals surface area contributed by atoms with E-state index in [0.29, 0.717) is 12.1 Å². The second kappa shape index (κ2) is 6.17. The highest BCUT2D eigenvalue weighted by Crippen LogP contribution is 2.31. The van der Waals surface area contributed by atoms with Crippen molar-refractivity contribution in [3.63, 3.8) is 0 Å². The molecule has 1 aromatic carbocycles. The van der Waals surface area contributed by atoms with Gasteiger partial charge in [0.15, 0.2) is 5.82 Å². The van der Waals surface area contributed by atoms with Crippen molar-refractivity contribution in [1.29, 1.82) is 0 Å². The Morgan fingerprint density at radius 2 is 1.88 bits per heavy atom. The summed E-state index contributed by atoms with van der Waals surface area (Å²) in [5.41, 5.74) is 1.99. The van der Waals surface area contributed by atoms with E-state index in [2.05, 4.69) is 51.4 Å². The highest BCUT2D eigenvalue weighted by atomic mass is 15.3. The number of benzene rings is 1. The summed E-state index contributed by atoms with van der Waals surface area (Å²) in [7, 11) is 0. The predicted molar refractivity (Wildman–Crippen MR) is 97.0 cm³/mol. The molecule has 1 saturated heterocycles. The summed E-state index contributed by atoms with van der Waals surface area (Å²) in [5, 5.41) is 14.8. The fourth-order valence-electron chi connectivity index (χ4n) is 3.32. The number of nitrogens with zero attached hydrogens (tertiary/aromatic N) is 4. The van der Waals surface area contributed by atoms with Gasteiger partial charge in [0.05, 0.1) is 0 Å². The van der Waals surface area contributed by atoms with Crippen LogP contribution in [0.4, 0.5) is 5.82 Å². The standard InChI is InChI=1S/C19H21N5/c1-13-12-24(14(2)10-21-13)19-17-11-20-9-8-16(17)18(22-23-19)15-6-4-3-5-7-15/h3-9,11,13-14,21H,10,12H2,1-2H3. The first-order chi connectivity index (χ1) is 11.7. The fraction of sp³-hybridized carbons (Fsp3) is 0.316. The Morgan fingerprint density at radius 1 is 1.04 bits per heavy atom. The summed E-state index contributed by atoms with van der Waals surface area (Å²) in [6, 6.07) is 13.0. The SMILES string of the molecule is CC1CN(c2nnc(-c3ccccc3)c3ccncc23)C(C)CN1. The van der Waals surface area contributed by atoms with E-state index in [0.717, 1.165) is 40.9 Å². The number of anilines is 1. The zero-order valence-corrected chi connectivity index (χ0v) is 14.0. The smallest absolute Gasteiger partial charge is 0.161 e. The van der Waals surface area contributed by atoms with Crippen molar-refractivity contribution < 1.29 is 0 Å². The van der Waals surface area contributed by atoms with Crippen LogP contribution in [0.3, 0.4) is 0 Å². The molecule has 5 heteroatoms. The first kappa shape index (κ1) is 15.0. The van der Waals surface area contributed by atoms with Crippen molar-refractivity contribution in [3.05, 3.63) is 48.8 Å². The molecule has 2 atom stereocenters. The summed E-state index contributed by atoms with van der Waals surface area (Å²) < 4.78 is 0. The maximum absolute atomic E-state index is 4.60. The first-order valence-electron chi connectivity index (χ1n) is 8.40. The normalized spacial score (nSPS) is 21.2. The van der Waals surface area contributed by atoms with E-state index in [1.807, 2.05) is 36.7 Å². The first-order valence-corrected chi connectivity index (χ1v) is 8.40. The van der Waals surface area contributed by atoms with Crippen LogP contribution in [-0.2, 0) is 0 Å². The van der Waals surface area contributed by atoms with Crippen LogP contribution in [0, 0.1) is 0 Å². The molecule has 122 valence electrons. The number of piperazine rings is 1. The predicted octanol–water partition coefficient (Wildman–Crippen LogP) is 2.88. The molecule has 0 bridgehead atoms. The number of rotatable bonds is 2. The van der Waals surface area contributed by atoms with Gasteiger partial charge in [-0.25, -0.2) is 0 Å². The van der Waals surface area contributed by atoms with Crippen LogP contribution in [0.25, 0.3) is 22.0 Å². The van der Waals surface area contributed by atoms with Crippen LogP contribution in [0.5, 0.6) is 0 Å². The minimum atomic E-state index is 0.376. The van der Waals surface area contributed by atoms with Crippen molar-refractivity contribution in [2.24, 2.45) is 0 Å². The molecule has 1 N–H and O–H groups in total. The number of hydrogen-bond acceptors (Lipinski definition) is 5. The van der Waals surface area contributed by atoms with E-state index in [1.54, 1.807) is 0 Å². The van der Waals surface area contributed by atoms with Crippen LogP contribution < -0.4 is 10.2 Å². The van der Waals surface area contributed by atoms with Crippen molar-refractivity contribution in [2.75, 3.05) is 18.0 Å². The number of nitrogens with one attached hydrogen (secondary N) is 1. The average Bonchev–Trinajstić information content (AvgIpc) is 2.64. The largest absolute Gasteiger partial charge is 0.349 e. The molecule has 0 radical (unpaired) electrons. The molecule has 0 amide bonds. The highest BCUT2D eigenvalue weighted by Gasteiger charge is 2.26. The molecular weight excluding hydrogens is 298 g/mol. The zero-order valence-electron chi connectivity index (χ0n) is 14.0. The third-order valence-electron chi connectivity index (χ3n) is 4.65. The van der Waals surface area contributed by atoms with Gasteiger partial charge >= 0.3 is 0 Å². The van der Waals surface area contributed by atoms with E-state index >= 15 is 0 Å². The molecule has 24 heavy (non-hydrogen) atoms. The molecule has 1 aliphatic rings. The molecule has 2 aromatic heterocycles. The van der Waals surface area contributed by atoms with Gasteiger partial charge in [0.2, 0.25) is 0 Å². The summed E-state index contributed by atoms with van der Waals surface area (Å²) in [6.07, 6.45) is 3.73. The van der Waals surface area contributed by atoms with Crippen LogP contribution in [0.1, 0.15) is 13.8 Å². The Labute approximate surface area is 141 Å². The Morgan fingerprint density at radius 3 is 2.71 bits per heavy atom. The number of aromatic nitrogens is 3. The zero-order chi connectivity index (χ0) is 16.5. The summed E-state index contributed by atoms with van der Waals surface area (Å²) >= 11 is 0. The van der Waals surface area contributed by atoms with Crippen molar-refractivity contribution in [3.8, 4) is 11.3 Å². The number of fused-ring (bicyclic) bond motifs is 1. The Hall–Kier alpha value is -2.53. The van der Waals surface area contributed by atoms with Gasteiger partial charge in [-0.2, -0.15) is 0 Å². The second-order valence-electron chi connectivity index (χ2n) is 6.47. The summed E-state index contributed by atoms with van der Waals surface area (Å²) in [6.45, 7) is 6.29. The van der Waals surface area contributed by atoms with Crippen LogP contribution in [-0.4, -0.2) is 40.4 Å². The maximum atomic E-state index is 4.60. The Bertz CT molecular complexity index is 849. The van der Waals surface area contributed by atoms with Gasteiger partial charge in [-0.15, -0.1) is 10.2 Å². The molecule has 3 aromatic rings. The summed E-state index contributed by atoms with van der Waals surface area (Å²) in [4.78, 5) is 6.68. The maximum Gasteiger partial charge on any atom is 0.161 e. The van der Waals surface area contributed by atoms with E-state index in [9.17, 15) is 0 Å². The number of pyridine rings is 1. The van der Waals surface area contributed by atoms with Gasteiger partial charge < -0.3 is 10.2 Å². The molecule has 0 saturated carbocycles. The third-order valence-corrected chi connectivity index (χ3v) is 4.65. The van der Waals surface area contributed by atoms with Crippen molar-refractivity contribution >= 4 is 16.6 Å². The van der Waals surface area contributed by atoms with Crippen molar-refractivity contribution in [2.45, 2.75) is 25.9 Å². The monoisotopic (exact) mass is 319 g/mol. The molecule has 4 rings (SSSR count). The summed E-state index contributed by atoms with van der Waals surface area (Å²) in [5.74, 6) is 0.929. The van der Waals surface area contributed by atoms with Gasteiger partial charge in [-0.1, -0.05) is 30.3 Å². The van der Waals surface area contributed by atoms with E-state index in [4.69, 9.17) is 0 Å². The Kier molecular flexibility index (Phi) is 3.86. The van der Waals surface area contributed by atoms with Crippen molar-refractivity contribution in [1.82, 2.24) is 20.5 Å². The van der Waals surface area contributed by atoms with Crippen LogP contribution in [0.2, 0.25) is 0 Å². The minimum Gasteiger partial charge on any atom is -0.349 e. The molecule has 0 spiro atoms. The molecule has 5 nitrogen and oxygen atoms in total. The van der Waals surface area contributed by atoms with E-state index < -0.39 is 0 Å². The van der Waals surface area contributed by atoms with Gasteiger partial charge in [0.25, 0.3) is 0 Å². The van der Waals surface area contributed by atoms with E-state index in [-0.39, 0.29) is 0 Å². The third kappa shape index (κ3) is 2.61. The van der Waals surface area contributed by atoms with Gasteiger partial charge in [0, 0.05) is 53.9 Å². The lowest BCUT2D eigenvalue weighted by atomic mass is 10.0. The molecule has 1 aliphatic heterocycles. The molecular formula is C19H21N5. The molecule has 0 aliphatic carbocycles. The highest BCUT2D eigenvalue weighted by molar-refractivity contribution is 5.99. The lowest BCUT2D eigenvalue weighted by Gasteiger charge is -2.38. The van der Waals surface area contributed by atoms with Gasteiger partial charge in [-0.05, 0) is 19.9 Å². The second-order valence-corrected chi connectivity index (χ2v) is 6.47. The lowest BCUT2D eigenvalue weighted by Crippen LogP contribution is -2.54. The molecule has 1 fully saturated rings. The topological polar surface area (TPSA) is 53.9 Å². The fourth-order valence-corrected chi connectivity index (χ4v) is 3.32. The van der Waals surface area contributed by atoms with Crippen LogP contribution in [0.15, 0.2) is 48.8 Å². The molecule has 2 unspecified atom stereocenters. The number of hydrogen-bond donors (Lipinski definition) is 1. The van der Waals surface area contributed by atoms with Crippen LogP contribution >= 0.6 is 0 Å². The Balaban J connectivity index is 1.87. The average molecular weight is 319 g/mol. The lowest BCUT2D eigenvalue weighted by molar-refractivity contribution is 0.422. The molecule has 3 heterocycles. The van der Waals surface area contributed by atoms with Gasteiger partial charge in [-0.3, -0.25) is 4.98 Å². The van der Waals surface area contributed by atoms with E-state index in [1.165, 1.54) is 0 Å².